The molecular weight excluding hydrogens is 487 g/mol. The van der Waals surface area contributed by atoms with Crippen molar-refractivity contribution in [2.75, 3.05) is 30.4 Å². The molecule has 3 rings (SSSR count). The number of ether oxygens (including phenoxy) is 2. The molecule has 7 nitrogen and oxygen atoms in total. The summed E-state index contributed by atoms with van der Waals surface area (Å²) in [6.07, 6.45) is 0. The van der Waals surface area contributed by atoms with Gasteiger partial charge in [0.1, 0.15) is 22.9 Å². The van der Waals surface area contributed by atoms with E-state index in [0.29, 0.717) is 21.5 Å². The Morgan fingerprint density at radius 2 is 1.58 bits per heavy atom. The number of hydrogen-bond donors (Lipinski definition) is 1. The summed E-state index contributed by atoms with van der Waals surface area (Å²) < 4.78 is 38.7. The predicted octanol–water partition coefficient (Wildman–Crippen LogP) is 5.15. The molecule has 0 fully saturated rings. The third-order valence-corrected chi connectivity index (χ3v) is 7.07. The molecular formula is C23H22Cl2N2O5S. The highest BCUT2D eigenvalue weighted by atomic mass is 35.5. The lowest BCUT2D eigenvalue weighted by atomic mass is 10.2. The highest BCUT2D eigenvalue weighted by Gasteiger charge is 2.30. The smallest absolute Gasteiger partial charge is 0.268 e. The van der Waals surface area contributed by atoms with Crippen LogP contribution in [0.4, 0.5) is 11.4 Å². The molecule has 1 N–H and O–H groups in total. The van der Waals surface area contributed by atoms with Gasteiger partial charge in [0.15, 0.2) is 0 Å². The second kappa shape index (κ2) is 10.3. The van der Waals surface area contributed by atoms with Gasteiger partial charge in [0.25, 0.3) is 10.0 Å². The first-order valence-corrected chi connectivity index (χ1v) is 11.9. The van der Waals surface area contributed by atoms with Crippen LogP contribution in [-0.2, 0) is 14.8 Å². The van der Waals surface area contributed by atoms with E-state index in [2.05, 4.69) is 5.32 Å². The van der Waals surface area contributed by atoms with Crippen LogP contribution in [0.25, 0.3) is 0 Å². The van der Waals surface area contributed by atoms with E-state index in [-0.39, 0.29) is 16.3 Å². The minimum absolute atomic E-state index is 0.0553. The van der Waals surface area contributed by atoms with Crippen molar-refractivity contribution in [1.29, 1.82) is 0 Å². The van der Waals surface area contributed by atoms with Gasteiger partial charge in [-0.1, -0.05) is 29.3 Å². The molecule has 0 heterocycles. The second-order valence-corrected chi connectivity index (χ2v) is 9.71. The maximum absolute atomic E-state index is 13.7. The average molecular weight is 509 g/mol. The zero-order valence-corrected chi connectivity index (χ0v) is 20.5. The highest BCUT2D eigenvalue weighted by molar-refractivity contribution is 7.93. The number of sulfonamides is 1. The second-order valence-electron chi connectivity index (χ2n) is 7.04. The van der Waals surface area contributed by atoms with Crippen LogP contribution in [0.15, 0.2) is 65.6 Å². The van der Waals surface area contributed by atoms with Crippen LogP contribution in [-0.4, -0.2) is 35.1 Å². The van der Waals surface area contributed by atoms with Crippen LogP contribution >= 0.6 is 23.2 Å². The van der Waals surface area contributed by atoms with Crippen LogP contribution in [0.2, 0.25) is 10.0 Å². The molecule has 0 aliphatic rings. The van der Waals surface area contributed by atoms with E-state index in [4.69, 9.17) is 32.7 Å². The summed E-state index contributed by atoms with van der Waals surface area (Å²) in [5.41, 5.74) is 1.39. The number of anilines is 2. The van der Waals surface area contributed by atoms with Gasteiger partial charge < -0.3 is 14.8 Å². The lowest BCUT2D eigenvalue weighted by Gasteiger charge is -2.25. The number of hydrogen-bond acceptors (Lipinski definition) is 5. The quantitative estimate of drug-likeness (QED) is 0.454. The summed E-state index contributed by atoms with van der Waals surface area (Å²) in [6.45, 7) is 1.27. The lowest BCUT2D eigenvalue weighted by molar-refractivity contribution is -0.114. The standard InChI is InChI=1S/C23H22Cl2N2O5S/c1-15-4-10-21(32-3)22(12-15)33(29,30)27(18-8-5-16(24)6-9-18)14-23(28)26-17-7-11-20(31-2)19(25)13-17/h4-13H,14H2,1-3H3,(H,26,28). The molecule has 0 saturated carbocycles. The van der Waals surface area contributed by atoms with Gasteiger partial charge in [0.05, 0.1) is 24.9 Å². The predicted molar refractivity (Wildman–Crippen MR) is 130 cm³/mol. The van der Waals surface area contributed by atoms with Gasteiger partial charge in [0, 0.05) is 10.7 Å². The number of carbonyl (C=O) groups is 1. The van der Waals surface area contributed by atoms with Crippen molar-refractivity contribution in [3.63, 3.8) is 0 Å². The minimum Gasteiger partial charge on any atom is -0.495 e. The Morgan fingerprint density at radius 3 is 2.18 bits per heavy atom. The zero-order valence-electron chi connectivity index (χ0n) is 18.1. The molecule has 0 saturated heterocycles. The zero-order chi connectivity index (χ0) is 24.2. The fourth-order valence-electron chi connectivity index (χ4n) is 3.10. The number of carbonyl (C=O) groups excluding carboxylic acids is 1. The van der Waals surface area contributed by atoms with Gasteiger partial charge in [0.2, 0.25) is 5.91 Å². The summed E-state index contributed by atoms with van der Waals surface area (Å²) in [5.74, 6) is 0.0508. The van der Waals surface area contributed by atoms with Crippen LogP contribution in [0, 0.1) is 6.92 Å². The number of methoxy groups -OCH3 is 2. The number of nitrogens with one attached hydrogen (secondary N) is 1. The van der Waals surface area contributed by atoms with E-state index >= 15 is 0 Å². The SMILES string of the molecule is COc1ccc(NC(=O)CN(c2ccc(Cl)cc2)S(=O)(=O)c2cc(C)ccc2OC)cc1Cl. The molecule has 0 spiro atoms. The van der Waals surface area contributed by atoms with Crippen molar-refractivity contribution in [2.24, 2.45) is 0 Å². The molecule has 0 aliphatic heterocycles. The fourth-order valence-corrected chi connectivity index (χ4v) is 5.15. The number of rotatable bonds is 8. The van der Waals surface area contributed by atoms with E-state index < -0.39 is 22.5 Å². The summed E-state index contributed by atoms with van der Waals surface area (Å²) in [4.78, 5) is 12.8. The van der Waals surface area contributed by atoms with Crippen molar-refractivity contribution in [1.82, 2.24) is 0 Å². The molecule has 174 valence electrons. The Kier molecular flexibility index (Phi) is 7.73. The van der Waals surface area contributed by atoms with Gasteiger partial charge in [-0.05, 0) is 67.1 Å². The van der Waals surface area contributed by atoms with Gasteiger partial charge in [-0.2, -0.15) is 0 Å². The van der Waals surface area contributed by atoms with Crippen LogP contribution in [0.5, 0.6) is 11.5 Å². The lowest BCUT2D eigenvalue weighted by Crippen LogP contribution is -2.38. The first-order chi connectivity index (χ1) is 15.6. The van der Waals surface area contributed by atoms with Crippen molar-refractivity contribution < 1.29 is 22.7 Å². The first-order valence-electron chi connectivity index (χ1n) is 9.72. The average Bonchev–Trinajstić information content (AvgIpc) is 2.78. The van der Waals surface area contributed by atoms with E-state index in [1.807, 2.05) is 0 Å². The van der Waals surface area contributed by atoms with Crippen LogP contribution < -0.4 is 19.1 Å². The summed E-state index contributed by atoms with van der Waals surface area (Å²) in [6, 6.07) is 15.7. The van der Waals surface area contributed by atoms with Crippen molar-refractivity contribution in [2.45, 2.75) is 11.8 Å². The summed E-state index contributed by atoms with van der Waals surface area (Å²) in [5, 5.41) is 3.41. The molecule has 0 unspecified atom stereocenters. The molecule has 1 amide bonds. The number of benzene rings is 3. The minimum atomic E-state index is -4.18. The normalized spacial score (nSPS) is 11.1. The number of nitrogens with zero attached hydrogens (tertiary/aromatic N) is 1. The van der Waals surface area contributed by atoms with Crippen LogP contribution in [0.1, 0.15) is 5.56 Å². The maximum Gasteiger partial charge on any atom is 0.268 e. The summed E-state index contributed by atoms with van der Waals surface area (Å²) >= 11 is 12.1. The first kappa shape index (κ1) is 24.7. The van der Waals surface area contributed by atoms with Gasteiger partial charge in [-0.15, -0.1) is 0 Å². The number of amides is 1. The van der Waals surface area contributed by atoms with Crippen molar-refractivity contribution in [3.8, 4) is 11.5 Å². The molecule has 0 bridgehead atoms. The van der Waals surface area contributed by atoms with Crippen molar-refractivity contribution >= 4 is 50.5 Å². The van der Waals surface area contributed by atoms with Crippen molar-refractivity contribution in [3.05, 3.63) is 76.3 Å². The third kappa shape index (κ3) is 5.71. The molecule has 0 aromatic heterocycles. The molecule has 0 radical (unpaired) electrons. The Morgan fingerprint density at radius 1 is 0.939 bits per heavy atom. The Labute approximate surface area is 202 Å². The molecule has 33 heavy (non-hydrogen) atoms. The molecule has 3 aromatic carbocycles. The van der Waals surface area contributed by atoms with E-state index in [1.165, 1.54) is 38.5 Å². The van der Waals surface area contributed by atoms with E-state index in [0.717, 1.165) is 9.87 Å². The van der Waals surface area contributed by atoms with E-state index in [1.54, 1.807) is 43.3 Å². The Balaban J connectivity index is 1.98. The van der Waals surface area contributed by atoms with Gasteiger partial charge in [-0.25, -0.2) is 8.42 Å². The van der Waals surface area contributed by atoms with Crippen LogP contribution in [0.3, 0.4) is 0 Å². The topological polar surface area (TPSA) is 84.9 Å². The number of aryl methyl sites for hydroxylation is 1. The monoisotopic (exact) mass is 508 g/mol. The molecule has 10 heteroatoms. The third-order valence-electron chi connectivity index (χ3n) is 4.72. The van der Waals surface area contributed by atoms with Gasteiger partial charge in [-0.3, -0.25) is 9.10 Å². The highest BCUT2D eigenvalue weighted by Crippen LogP contribution is 2.32. The summed E-state index contributed by atoms with van der Waals surface area (Å²) in [7, 11) is -1.31. The Bertz CT molecular complexity index is 1260. The molecule has 3 aromatic rings. The molecule has 0 atom stereocenters. The fraction of sp³-hybridized carbons (Fsp3) is 0.174. The van der Waals surface area contributed by atoms with Gasteiger partial charge >= 0.3 is 0 Å². The molecule has 0 aliphatic carbocycles. The Hall–Kier alpha value is -2.94. The maximum atomic E-state index is 13.7. The number of halogens is 2. The van der Waals surface area contributed by atoms with E-state index in [9.17, 15) is 13.2 Å². The largest absolute Gasteiger partial charge is 0.495 e.